The number of amides is 3. The van der Waals surface area contributed by atoms with Gasteiger partial charge in [-0.15, -0.1) is 0 Å². The van der Waals surface area contributed by atoms with Crippen molar-refractivity contribution >= 4 is 11.9 Å². The average Bonchev–Trinajstić information content (AvgIpc) is 2.87. The van der Waals surface area contributed by atoms with E-state index in [1.807, 2.05) is 18.2 Å². The minimum atomic E-state index is -0.227. The van der Waals surface area contributed by atoms with Crippen molar-refractivity contribution < 1.29 is 19.1 Å². The number of imide groups is 1. The normalized spacial score (nSPS) is 21.3. The van der Waals surface area contributed by atoms with Crippen molar-refractivity contribution in [1.29, 1.82) is 0 Å². The highest BCUT2D eigenvalue weighted by Crippen LogP contribution is 2.30. The van der Waals surface area contributed by atoms with Crippen molar-refractivity contribution in [3.63, 3.8) is 0 Å². The lowest BCUT2D eigenvalue weighted by Crippen LogP contribution is -2.39. The summed E-state index contributed by atoms with van der Waals surface area (Å²) in [7, 11) is 3.22. The van der Waals surface area contributed by atoms with Crippen LogP contribution in [-0.4, -0.2) is 55.1 Å². The lowest BCUT2D eigenvalue weighted by molar-refractivity contribution is -0.129. The molecule has 2 aliphatic rings. The van der Waals surface area contributed by atoms with Crippen LogP contribution in [0.1, 0.15) is 31.7 Å². The Morgan fingerprint density at radius 2 is 1.92 bits per heavy atom. The molecule has 1 aromatic rings. The second-order valence-corrected chi connectivity index (χ2v) is 6.94. The van der Waals surface area contributed by atoms with Crippen LogP contribution in [-0.2, 0) is 11.2 Å². The highest BCUT2D eigenvalue weighted by atomic mass is 16.5. The first-order chi connectivity index (χ1) is 12.0. The molecule has 0 saturated carbocycles. The molecule has 25 heavy (non-hydrogen) atoms. The Bertz CT molecular complexity index is 637. The lowest BCUT2D eigenvalue weighted by atomic mass is 10.00. The molecule has 0 radical (unpaired) electrons. The van der Waals surface area contributed by atoms with Crippen molar-refractivity contribution in [1.82, 2.24) is 9.80 Å². The molecule has 3 rings (SSSR count). The molecule has 3 amide bonds. The van der Waals surface area contributed by atoms with Crippen LogP contribution in [0, 0.1) is 5.92 Å². The second kappa shape index (κ2) is 7.33. The van der Waals surface area contributed by atoms with Crippen molar-refractivity contribution in [2.75, 3.05) is 27.3 Å². The summed E-state index contributed by atoms with van der Waals surface area (Å²) in [5.74, 6) is 1.54. The van der Waals surface area contributed by atoms with E-state index in [9.17, 15) is 9.59 Å². The molecule has 6 heteroatoms. The maximum atomic E-state index is 12.5. The number of hydrogen-bond acceptors (Lipinski definition) is 4. The van der Waals surface area contributed by atoms with E-state index in [0.29, 0.717) is 24.6 Å². The maximum absolute atomic E-state index is 12.5. The number of piperidine rings is 1. The summed E-state index contributed by atoms with van der Waals surface area (Å²) in [6, 6.07) is 5.48. The fourth-order valence-corrected chi connectivity index (χ4v) is 3.80. The average molecular weight is 346 g/mol. The molecule has 2 aliphatic heterocycles. The number of ether oxygens (including phenoxy) is 2. The molecule has 2 saturated heterocycles. The monoisotopic (exact) mass is 346 g/mol. The smallest absolute Gasteiger partial charge is 0.327 e. The van der Waals surface area contributed by atoms with Crippen LogP contribution in [0.25, 0.3) is 0 Å². The molecule has 2 heterocycles. The van der Waals surface area contributed by atoms with Crippen molar-refractivity contribution in [3.05, 3.63) is 23.8 Å². The highest BCUT2D eigenvalue weighted by molar-refractivity contribution is 6.04. The van der Waals surface area contributed by atoms with Gasteiger partial charge < -0.3 is 14.4 Å². The van der Waals surface area contributed by atoms with E-state index in [4.69, 9.17) is 9.47 Å². The standard InChI is InChI=1S/C19H26N2O4/c1-13(10-14-7-8-16(24-2)17(11-14)25-3)12-21-18(22)15-6-4-5-9-20(15)19(21)23/h7-8,11,13,15H,4-6,9-10,12H2,1-3H3/t13-,15+/m1/s1. The predicted octanol–water partition coefficient (Wildman–Crippen LogP) is 2.70. The zero-order chi connectivity index (χ0) is 18.0. The minimum absolute atomic E-state index is 0.0242. The quantitative estimate of drug-likeness (QED) is 0.743. The number of fused-ring (bicyclic) bond motifs is 1. The molecule has 136 valence electrons. The number of nitrogens with zero attached hydrogens (tertiary/aromatic N) is 2. The van der Waals surface area contributed by atoms with Gasteiger partial charge in [0, 0.05) is 13.1 Å². The lowest BCUT2D eigenvalue weighted by Gasteiger charge is -2.26. The highest BCUT2D eigenvalue weighted by Gasteiger charge is 2.45. The third-order valence-corrected chi connectivity index (χ3v) is 5.06. The molecule has 0 unspecified atom stereocenters. The Hall–Kier alpha value is -2.24. The molecular formula is C19H26N2O4. The van der Waals surface area contributed by atoms with Gasteiger partial charge in [-0.05, 0) is 49.3 Å². The fraction of sp³-hybridized carbons (Fsp3) is 0.579. The Kier molecular flexibility index (Phi) is 5.16. The third-order valence-electron chi connectivity index (χ3n) is 5.06. The van der Waals surface area contributed by atoms with E-state index < -0.39 is 0 Å². The first kappa shape index (κ1) is 17.6. The Morgan fingerprint density at radius 1 is 1.16 bits per heavy atom. The number of urea groups is 1. The van der Waals surface area contributed by atoms with Crippen LogP contribution >= 0.6 is 0 Å². The maximum Gasteiger partial charge on any atom is 0.327 e. The number of benzene rings is 1. The fourth-order valence-electron chi connectivity index (χ4n) is 3.80. The van der Waals surface area contributed by atoms with Gasteiger partial charge in [0.25, 0.3) is 5.91 Å². The van der Waals surface area contributed by atoms with Gasteiger partial charge in [-0.3, -0.25) is 9.69 Å². The number of methoxy groups -OCH3 is 2. The van der Waals surface area contributed by atoms with Crippen LogP contribution in [0.2, 0.25) is 0 Å². The summed E-state index contributed by atoms with van der Waals surface area (Å²) in [6.07, 6.45) is 3.58. The number of rotatable bonds is 6. The summed E-state index contributed by atoms with van der Waals surface area (Å²) in [5, 5.41) is 0. The summed E-state index contributed by atoms with van der Waals surface area (Å²) in [6.45, 7) is 3.23. The molecule has 2 atom stereocenters. The number of carbonyl (C=O) groups is 2. The van der Waals surface area contributed by atoms with Gasteiger partial charge in [0.2, 0.25) is 0 Å². The van der Waals surface area contributed by atoms with Gasteiger partial charge >= 0.3 is 6.03 Å². The molecule has 2 fully saturated rings. The zero-order valence-electron chi connectivity index (χ0n) is 15.2. The predicted molar refractivity (Wildman–Crippen MR) is 93.9 cm³/mol. The van der Waals surface area contributed by atoms with Gasteiger partial charge in [-0.1, -0.05) is 13.0 Å². The van der Waals surface area contributed by atoms with E-state index in [1.165, 1.54) is 4.90 Å². The first-order valence-electron chi connectivity index (χ1n) is 8.88. The molecule has 0 aliphatic carbocycles. The Labute approximate surface area is 148 Å². The van der Waals surface area contributed by atoms with Crippen LogP contribution in [0.15, 0.2) is 18.2 Å². The molecule has 1 aromatic carbocycles. The van der Waals surface area contributed by atoms with Crippen LogP contribution in [0.4, 0.5) is 4.79 Å². The summed E-state index contributed by atoms with van der Waals surface area (Å²) in [4.78, 5) is 28.3. The van der Waals surface area contributed by atoms with Crippen LogP contribution in [0.5, 0.6) is 11.5 Å². The first-order valence-corrected chi connectivity index (χ1v) is 8.88. The molecule has 0 spiro atoms. The summed E-state index contributed by atoms with van der Waals surface area (Å²) >= 11 is 0. The third kappa shape index (κ3) is 3.43. The molecule has 0 bridgehead atoms. The Morgan fingerprint density at radius 3 is 2.60 bits per heavy atom. The SMILES string of the molecule is COc1ccc(C[C@@H](C)CN2C(=O)[C@@H]3CCCCN3C2=O)cc1OC. The van der Waals surface area contributed by atoms with E-state index in [-0.39, 0.29) is 23.9 Å². The minimum Gasteiger partial charge on any atom is -0.493 e. The van der Waals surface area contributed by atoms with Gasteiger partial charge in [0.1, 0.15) is 6.04 Å². The van der Waals surface area contributed by atoms with E-state index >= 15 is 0 Å². The van der Waals surface area contributed by atoms with Gasteiger partial charge in [-0.2, -0.15) is 0 Å². The van der Waals surface area contributed by atoms with Gasteiger partial charge in [-0.25, -0.2) is 4.79 Å². The molecule has 6 nitrogen and oxygen atoms in total. The molecular weight excluding hydrogens is 320 g/mol. The zero-order valence-corrected chi connectivity index (χ0v) is 15.2. The second-order valence-electron chi connectivity index (χ2n) is 6.94. The van der Waals surface area contributed by atoms with Crippen molar-refractivity contribution in [3.8, 4) is 11.5 Å². The molecule has 0 aromatic heterocycles. The van der Waals surface area contributed by atoms with E-state index in [2.05, 4.69) is 6.92 Å². The van der Waals surface area contributed by atoms with Crippen LogP contribution < -0.4 is 9.47 Å². The summed E-state index contributed by atoms with van der Waals surface area (Å²) < 4.78 is 10.6. The Balaban J connectivity index is 1.65. The molecule has 0 N–H and O–H groups in total. The van der Waals surface area contributed by atoms with Gasteiger partial charge in [0.05, 0.1) is 14.2 Å². The van der Waals surface area contributed by atoms with E-state index in [1.54, 1.807) is 19.1 Å². The van der Waals surface area contributed by atoms with Gasteiger partial charge in [0.15, 0.2) is 11.5 Å². The number of hydrogen-bond donors (Lipinski definition) is 0. The topological polar surface area (TPSA) is 59.1 Å². The largest absolute Gasteiger partial charge is 0.493 e. The van der Waals surface area contributed by atoms with E-state index in [0.717, 1.165) is 31.2 Å². The van der Waals surface area contributed by atoms with Crippen molar-refractivity contribution in [2.24, 2.45) is 5.92 Å². The van der Waals surface area contributed by atoms with Crippen molar-refractivity contribution in [2.45, 2.75) is 38.6 Å². The van der Waals surface area contributed by atoms with Crippen LogP contribution in [0.3, 0.4) is 0 Å². The summed E-state index contributed by atoms with van der Waals surface area (Å²) in [5.41, 5.74) is 1.10. The number of carbonyl (C=O) groups excluding carboxylic acids is 2.